The average Bonchev–Trinajstić information content (AvgIpc) is 2.65. The third-order valence-corrected chi connectivity index (χ3v) is 5.21. The van der Waals surface area contributed by atoms with Crippen LogP contribution in [0.3, 0.4) is 0 Å². The summed E-state index contributed by atoms with van der Waals surface area (Å²) in [5.41, 5.74) is 1.46. The van der Waals surface area contributed by atoms with E-state index in [0.717, 1.165) is 17.5 Å². The molecular weight excluding hydrogens is 345 g/mol. The van der Waals surface area contributed by atoms with Gasteiger partial charge in [-0.2, -0.15) is 0 Å². The number of ether oxygens (including phenoxy) is 1. The van der Waals surface area contributed by atoms with Gasteiger partial charge in [0.2, 0.25) is 0 Å². The Morgan fingerprint density at radius 3 is 2.44 bits per heavy atom. The van der Waals surface area contributed by atoms with Crippen LogP contribution in [-0.2, 0) is 6.42 Å². The summed E-state index contributed by atoms with van der Waals surface area (Å²) in [5.74, 6) is 0.0460. The number of nitrogens with zero attached hydrogens (tertiary/aromatic N) is 1. The SMILES string of the molecule is CCc1ccc2c(c1)C(N(CC)C(=O)c1ccc(F)cc1)C(O)C(C)(C)O2. The first-order chi connectivity index (χ1) is 12.8. The van der Waals surface area contributed by atoms with Gasteiger partial charge >= 0.3 is 0 Å². The van der Waals surface area contributed by atoms with Crippen LogP contribution in [-0.4, -0.2) is 34.2 Å². The van der Waals surface area contributed by atoms with Gasteiger partial charge in [-0.05, 0) is 69.2 Å². The summed E-state index contributed by atoms with van der Waals surface area (Å²) in [7, 11) is 0. The Balaban J connectivity index is 2.08. The summed E-state index contributed by atoms with van der Waals surface area (Å²) in [4.78, 5) is 14.8. The number of hydrogen-bond acceptors (Lipinski definition) is 3. The van der Waals surface area contributed by atoms with E-state index in [9.17, 15) is 14.3 Å². The van der Waals surface area contributed by atoms with E-state index in [1.165, 1.54) is 24.3 Å². The molecule has 0 bridgehead atoms. The summed E-state index contributed by atoms with van der Waals surface area (Å²) in [6.45, 7) is 7.97. The van der Waals surface area contributed by atoms with E-state index in [-0.39, 0.29) is 11.7 Å². The topological polar surface area (TPSA) is 49.8 Å². The largest absolute Gasteiger partial charge is 0.485 e. The Hall–Kier alpha value is -2.40. The number of rotatable bonds is 4. The van der Waals surface area contributed by atoms with E-state index >= 15 is 0 Å². The molecule has 2 aromatic carbocycles. The van der Waals surface area contributed by atoms with Crippen molar-refractivity contribution in [2.24, 2.45) is 0 Å². The van der Waals surface area contributed by atoms with Crippen LogP contribution < -0.4 is 4.74 Å². The van der Waals surface area contributed by atoms with Crippen LogP contribution in [0.4, 0.5) is 4.39 Å². The second-order valence-corrected chi connectivity index (χ2v) is 7.42. The minimum atomic E-state index is -0.901. The highest BCUT2D eigenvalue weighted by Crippen LogP contribution is 2.43. The van der Waals surface area contributed by atoms with Gasteiger partial charge in [0.25, 0.3) is 5.91 Å². The number of aryl methyl sites for hydroxylation is 1. The maximum Gasteiger partial charge on any atom is 0.254 e. The van der Waals surface area contributed by atoms with Gasteiger partial charge in [-0.15, -0.1) is 0 Å². The fourth-order valence-corrected chi connectivity index (χ4v) is 3.60. The zero-order valence-corrected chi connectivity index (χ0v) is 16.2. The molecular formula is C22H26FNO3. The van der Waals surface area contributed by atoms with Gasteiger partial charge in [-0.25, -0.2) is 4.39 Å². The number of benzene rings is 2. The molecule has 2 unspecified atom stereocenters. The molecule has 144 valence electrons. The van der Waals surface area contributed by atoms with Crippen molar-refractivity contribution in [1.29, 1.82) is 0 Å². The molecule has 0 aromatic heterocycles. The molecule has 0 aliphatic carbocycles. The van der Waals surface area contributed by atoms with Crippen molar-refractivity contribution in [2.45, 2.75) is 51.9 Å². The zero-order chi connectivity index (χ0) is 19.8. The van der Waals surface area contributed by atoms with Gasteiger partial charge < -0.3 is 14.7 Å². The summed E-state index contributed by atoms with van der Waals surface area (Å²) >= 11 is 0. The number of hydrogen-bond donors (Lipinski definition) is 1. The second kappa shape index (κ2) is 7.31. The van der Waals surface area contributed by atoms with Crippen molar-refractivity contribution in [3.63, 3.8) is 0 Å². The van der Waals surface area contributed by atoms with Crippen LogP contribution in [0.1, 0.15) is 55.2 Å². The molecule has 0 spiro atoms. The van der Waals surface area contributed by atoms with E-state index in [2.05, 4.69) is 6.92 Å². The molecule has 3 rings (SSSR count). The molecule has 27 heavy (non-hydrogen) atoms. The van der Waals surface area contributed by atoms with Crippen molar-refractivity contribution < 1.29 is 19.0 Å². The standard InChI is InChI=1S/C22H26FNO3/c1-5-14-7-12-18-17(13-14)19(20(25)22(3,4)27-18)24(6-2)21(26)15-8-10-16(23)11-9-15/h7-13,19-20,25H,5-6H2,1-4H3. The number of carbonyl (C=O) groups excluding carboxylic acids is 1. The highest BCUT2D eigenvalue weighted by Gasteiger charge is 2.46. The number of fused-ring (bicyclic) bond motifs is 1. The van der Waals surface area contributed by atoms with E-state index in [1.807, 2.05) is 39.0 Å². The number of carbonyl (C=O) groups is 1. The van der Waals surface area contributed by atoms with Gasteiger partial charge in [0, 0.05) is 17.7 Å². The molecule has 0 saturated carbocycles. The summed E-state index contributed by atoms with van der Waals surface area (Å²) in [6.07, 6.45) is -0.0567. The van der Waals surface area contributed by atoms with Crippen LogP contribution in [0.15, 0.2) is 42.5 Å². The Bertz CT molecular complexity index is 832. The van der Waals surface area contributed by atoms with Gasteiger partial charge in [-0.1, -0.05) is 13.0 Å². The lowest BCUT2D eigenvalue weighted by molar-refractivity contribution is -0.0860. The first-order valence-electron chi connectivity index (χ1n) is 9.35. The third kappa shape index (κ3) is 3.56. The van der Waals surface area contributed by atoms with Crippen molar-refractivity contribution in [3.8, 4) is 5.75 Å². The van der Waals surface area contributed by atoms with Gasteiger partial charge in [0.05, 0.1) is 6.04 Å². The number of halogens is 1. The summed E-state index contributed by atoms with van der Waals surface area (Å²) < 4.78 is 19.3. The van der Waals surface area contributed by atoms with Crippen LogP contribution in [0, 0.1) is 5.82 Å². The first-order valence-corrected chi connectivity index (χ1v) is 9.35. The van der Waals surface area contributed by atoms with Gasteiger partial charge in [0.15, 0.2) is 0 Å². The van der Waals surface area contributed by atoms with Gasteiger partial charge in [-0.3, -0.25) is 4.79 Å². The molecule has 2 atom stereocenters. The van der Waals surface area contributed by atoms with Crippen LogP contribution in [0.25, 0.3) is 0 Å². The predicted octanol–water partition coefficient (Wildman–Crippen LogP) is 4.12. The summed E-state index contributed by atoms with van der Waals surface area (Å²) in [6, 6.07) is 10.9. The fraction of sp³-hybridized carbons (Fsp3) is 0.409. The highest BCUT2D eigenvalue weighted by molar-refractivity contribution is 5.94. The van der Waals surface area contributed by atoms with E-state index in [1.54, 1.807) is 4.90 Å². The normalized spacial score (nSPS) is 20.5. The molecule has 2 aromatic rings. The number of aliphatic hydroxyl groups excluding tert-OH is 1. The van der Waals surface area contributed by atoms with Crippen LogP contribution in [0.5, 0.6) is 5.75 Å². The van der Waals surface area contributed by atoms with E-state index < -0.39 is 17.7 Å². The second-order valence-electron chi connectivity index (χ2n) is 7.42. The minimum Gasteiger partial charge on any atom is -0.485 e. The Labute approximate surface area is 159 Å². The Morgan fingerprint density at radius 2 is 1.85 bits per heavy atom. The third-order valence-electron chi connectivity index (χ3n) is 5.21. The number of aliphatic hydroxyl groups is 1. The van der Waals surface area contributed by atoms with E-state index in [4.69, 9.17) is 4.74 Å². The average molecular weight is 371 g/mol. The number of likely N-dealkylation sites (N-methyl/N-ethyl adjacent to an activating group) is 1. The minimum absolute atomic E-state index is 0.243. The fourth-order valence-electron chi connectivity index (χ4n) is 3.60. The van der Waals surface area contributed by atoms with Crippen molar-refractivity contribution in [2.75, 3.05) is 6.54 Å². The smallest absolute Gasteiger partial charge is 0.254 e. The van der Waals surface area contributed by atoms with E-state index in [0.29, 0.717) is 17.9 Å². The maximum absolute atomic E-state index is 13.3. The lowest BCUT2D eigenvalue weighted by Gasteiger charge is -2.46. The highest BCUT2D eigenvalue weighted by atomic mass is 19.1. The van der Waals surface area contributed by atoms with Crippen molar-refractivity contribution in [1.82, 2.24) is 4.90 Å². The lowest BCUT2D eigenvalue weighted by atomic mass is 9.84. The molecule has 1 aliphatic rings. The molecule has 5 heteroatoms. The molecule has 0 saturated heterocycles. The first kappa shape index (κ1) is 19.4. The van der Waals surface area contributed by atoms with Crippen molar-refractivity contribution in [3.05, 3.63) is 65.0 Å². The molecule has 0 fully saturated rings. The molecule has 1 N–H and O–H groups in total. The maximum atomic E-state index is 13.3. The number of amides is 1. The van der Waals surface area contributed by atoms with Crippen LogP contribution in [0.2, 0.25) is 0 Å². The lowest BCUT2D eigenvalue weighted by Crippen LogP contribution is -2.54. The molecule has 1 aliphatic heterocycles. The molecule has 0 radical (unpaired) electrons. The Morgan fingerprint density at radius 1 is 1.19 bits per heavy atom. The van der Waals surface area contributed by atoms with Crippen LogP contribution >= 0.6 is 0 Å². The quantitative estimate of drug-likeness (QED) is 0.879. The zero-order valence-electron chi connectivity index (χ0n) is 16.2. The summed E-state index contributed by atoms with van der Waals surface area (Å²) in [5, 5.41) is 11.1. The predicted molar refractivity (Wildman–Crippen MR) is 102 cm³/mol. The molecule has 4 nitrogen and oxygen atoms in total. The Kier molecular flexibility index (Phi) is 5.24. The monoisotopic (exact) mass is 371 g/mol. The van der Waals surface area contributed by atoms with Gasteiger partial charge in [0.1, 0.15) is 23.3 Å². The van der Waals surface area contributed by atoms with Crippen molar-refractivity contribution >= 4 is 5.91 Å². The molecule has 1 heterocycles. The molecule has 1 amide bonds.